The molecule has 3 rings (SSSR count). The highest BCUT2D eigenvalue weighted by Crippen LogP contribution is 2.33. The molecule has 1 aromatic heterocycles. The van der Waals surface area contributed by atoms with Crippen molar-refractivity contribution in [2.75, 3.05) is 0 Å². The molecule has 0 bridgehead atoms. The predicted molar refractivity (Wildman–Crippen MR) is 72.5 cm³/mol. The van der Waals surface area contributed by atoms with Crippen LogP contribution in [0.3, 0.4) is 0 Å². The van der Waals surface area contributed by atoms with Crippen molar-refractivity contribution < 1.29 is 0 Å². The SMILES string of the molecule is NC(CC1CCC1)c1cnn(-c2ccccc2)c1. The van der Waals surface area contributed by atoms with E-state index in [-0.39, 0.29) is 6.04 Å². The Kier molecular flexibility index (Phi) is 3.15. The summed E-state index contributed by atoms with van der Waals surface area (Å²) in [6.07, 6.45) is 9.12. The third-order valence-electron chi connectivity index (χ3n) is 3.86. The molecule has 1 atom stereocenters. The summed E-state index contributed by atoms with van der Waals surface area (Å²) in [7, 11) is 0. The van der Waals surface area contributed by atoms with Crippen molar-refractivity contribution in [2.24, 2.45) is 11.7 Å². The summed E-state index contributed by atoms with van der Waals surface area (Å²) in [5, 5.41) is 4.40. The van der Waals surface area contributed by atoms with Gasteiger partial charge in [0.1, 0.15) is 0 Å². The maximum absolute atomic E-state index is 6.24. The van der Waals surface area contributed by atoms with E-state index in [0.29, 0.717) is 0 Å². The molecular weight excluding hydrogens is 222 g/mol. The Labute approximate surface area is 108 Å². The maximum Gasteiger partial charge on any atom is 0.0645 e. The second-order valence-electron chi connectivity index (χ2n) is 5.19. The second kappa shape index (κ2) is 4.94. The lowest BCUT2D eigenvalue weighted by atomic mass is 9.80. The number of nitrogens with two attached hydrogens (primary N) is 1. The zero-order valence-corrected chi connectivity index (χ0v) is 10.5. The average molecular weight is 241 g/mol. The third-order valence-corrected chi connectivity index (χ3v) is 3.86. The van der Waals surface area contributed by atoms with Crippen LogP contribution < -0.4 is 5.73 Å². The molecule has 1 aliphatic rings. The van der Waals surface area contributed by atoms with Crippen LogP contribution in [0.25, 0.3) is 5.69 Å². The van der Waals surface area contributed by atoms with E-state index in [1.807, 2.05) is 41.2 Å². The quantitative estimate of drug-likeness (QED) is 0.894. The van der Waals surface area contributed by atoms with Gasteiger partial charge >= 0.3 is 0 Å². The van der Waals surface area contributed by atoms with Crippen molar-refractivity contribution in [3.05, 3.63) is 48.3 Å². The minimum absolute atomic E-state index is 0.132. The van der Waals surface area contributed by atoms with Gasteiger partial charge in [-0.1, -0.05) is 37.5 Å². The monoisotopic (exact) mass is 241 g/mol. The average Bonchev–Trinajstić information content (AvgIpc) is 2.84. The van der Waals surface area contributed by atoms with Crippen molar-refractivity contribution in [3.8, 4) is 5.69 Å². The highest BCUT2D eigenvalue weighted by Gasteiger charge is 2.21. The summed E-state index contributed by atoms with van der Waals surface area (Å²) in [4.78, 5) is 0. The Hall–Kier alpha value is -1.61. The second-order valence-corrected chi connectivity index (χ2v) is 5.19. The van der Waals surface area contributed by atoms with Gasteiger partial charge in [0.15, 0.2) is 0 Å². The first kappa shape index (κ1) is 11.5. The van der Waals surface area contributed by atoms with E-state index in [1.54, 1.807) is 0 Å². The molecular formula is C15H19N3. The van der Waals surface area contributed by atoms with E-state index in [1.165, 1.54) is 19.3 Å². The van der Waals surface area contributed by atoms with Gasteiger partial charge in [-0.15, -0.1) is 0 Å². The Bertz CT molecular complexity index is 499. The van der Waals surface area contributed by atoms with Gasteiger partial charge in [0, 0.05) is 17.8 Å². The summed E-state index contributed by atoms with van der Waals surface area (Å²) in [6.45, 7) is 0. The third kappa shape index (κ3) is 2.31. The van der Waals surface area contributed by atoms with Crippen LogP contribution in [0.2, 0.25) is 0 Å². The van der Waals surface area contributed by atoms with Crippen LogP contribution in [-0.4, -0.2) is 9.78 Å². The smallest absolute Gasteiger partial charge is 0.0645 e. The molecule has 94 valence electrons. The Balaban J connectivity index is 1.72. The van der Waals surface area contributed by atoms with E-state index in [4.69, 9.17) is 5.73 Å². The molecule has 1 heterocycles. The molecule has 1 unspecified atom stereocenters. The van der Waals surface area contributed by atoms with Crippen LogP contribution in [0.1, 0.15) is 37.3 Å². The molecule has 1 saturated carbocycles. The van der Waals surface area contributed by atoms with Crippen LogP contribution >= 0.6 is 0 Å². The molecule has 2 aromatic rings. The lowest BCUT2D eigenvalue weighted by Crippen LogP contribution is -2.19. The minimum Gasteiger partial charge on any atom is -0.324 e. The largest absolute Gasteiger partial charge is 0.324 e. The molecule has 2 N–H and O–H groups in total. The number of rotatable bonds is 4. The highest BCUT2D eigenvalue weighted by molar-refractivity contribution is 5.31. The first-order valence-electron chi connectivity index (χ1n) is 6.68. The van der Waals surface area contributed by atoms with Gasteiger partial charge in [-0.3, -0.25) is 0 Å². The fraction of sp³-hybridized carbons (Fsp3) is 0.400. The maximum atomic E-state index is 6.24. The van der Waals surface area contributed by atoms with Crippen molar-refractivity contribution in [3.63, 3.8) is 0 Å². The van der Waals surface area contributed by atoms with Crippen LogP contribution in [0.5, 0.6) is 0 Å². The van der Waals surface area contributed by atoms with E-state index >= 15 is 0 Å². The summed E-state index contributed by atoms with van der Waals surface area (Å²) in [5.41, 5.74) is 8.47. The summed E-state index contributed by atoms with van der Waals surface area (Å²) in [6, 6.07) is 10.3. The van der Waals surface area contributed by atoms with Gasteiger partial charge in [0.2, 0.25) is 0 Å². The normalized spacial score (nSPS) is 17.4. The molecule has 0 spiro atoms. The van der Waals surface area contributed by atoms with Crippen molar-refractivity contribution in [1.82, 2.24) is 9.78 Å². The molecule has 3 nitrogen and oxygen atoms in total. The van der Waals surface area contributed by atoms with E-state index in [9.17, 15) is 0 Å². The lowest BCUT2D eigenvalue weighted by Gasteiger charge is -2.27. The fourth-order valence-corrected chi connectivity index (χ4v) is 2.47. The van der Waals surface area contributed by atoms with Crippen LogP contribution in [0, 0.1) is 5.92 Å². The summed E-state index contributed by atoms with van der Waals surface area (Å²) in [5.74, 6) is 0.833. The zero-order valence-electron chi connectivity index (χ0n) is 10.5. The van der Waals surface area contributed by atoms with Gasteiger partial charge in [0.05, 0.1) is 11.9 Å². The number of hydrogen-bond donors (Lipinski definition) is 1. The summed E-state index contributed by atoms with van der Waals surface area (Å²) >= 11 is 0. The number of aromatic nitrogens is 2. The van der Waals surface area contributed by atoms with Crippen molar-refractivity contribution >= 4 is 0 Å². The lowest BCUT2D eigenvalue weighted by molar-refractivity contribution is 0.277. The van der Waals surface area contributed by atoms with Crippen LogP contribution in [0.15, 0.2) is 42.7 Å². The Morgan fingerprint density at radius 1 is 1.28 bits per heavy atom. The van der Waals surface area contributed by atoms with Gasteiger partial charge in [-0.05, 0) is 24.5 Å². The topological polar surface area (TPSA) is 43.8 Å². The standard InChI is InChI=1S/C15H19N3/c16-15(9-12-5-4-6-12)13-10-17-18(11-13)14-7-2-1-3-8-14/h1-3,7-8,10-12,15H,4-6,9,16H2. The molecule has 18 heavy (non-hydrogen) atoms. The molecule has 0 saturated heterocycles. The first-order chi connectivity index (χ1) is 8.83. The number of benzene rings is 1. The van der Waals surface area contributed by atoms with Gasteiger partial charge < -0.3 is 5.73 Å². The van der Waals surface area contributed by atoms with E-state index in [0.717, 1.165) is 23.6 Å². The molecule has 3 heteroatoms. The van der Waals surface area contributed by atoms with Crippen LogP contribution in [0.4, 0.5) is 0 Å². The molecule has 0 radical (unpaired) electrons. The molecule has 1 aliphatic carbocycles. The molecule has 0 aliphatic heterocycles. The van der Waals surface area contributed by atoms with Gasteiger partial charge in [0.25, 0.3) is 0 Å². The highest BCUT2D eigenvalue weighted by atomic mass is 15.3. The minimum atomic E-state index is 0.132. The summed E-state index contributed by atoms with van der Waals surface area (Å²) < 4.78 is 1.90. The van der Waals surface area contributed by atoms with Gasteiger partial charge in [-0.25, -0.2) is 4.68 Å². The van der Waals surface area contributed by atoms with Gasteiger partial charge in [-0.2, -0.15) is 5.10 Å². The number of para-hydroxylation sites is 1. The van der Waals surface area contributed by atoms with Crippen molar-refractivity contribution in [1.29, 1.82) is 0 Å². The molecule has 0 amide bonds. The predicted octanol–water partition coefficient (Wildman–Crippen LogP) is 3.06. The Morgan fingerprint density at radius 2 is 2.06 bits per heavy atom. The first-order valence-corrected chi connectivity index (χ1v) is 6.68. The van der Waals surface area contributed by atoms with E-state index in [2.05, 4.69) is 11.3 Å². The van der Waals surface area contributed by atoms with Crippen LogP contribution in [-0.2, 0) is 0 Å². The van der Waals surface area contributed by atoms with Crippen molar-refractivity contribution in [2.45, 2.75) is 31.7 Å². The Morgan fingerprint density at radius 3 is 2.72 bits per heavy atom. The molecule has 1 fully saturated rings. The molecule has 1 aromatic carbocycles. The fourth-order valence-electron chi connectivity index (χ4n) is 2.47. The zero-order chi connectivity index (χ0) is 12.4. The number of nitrogens with zero attached hydrogens (tertiary/aromatic N) is 2. The van der Waals surface area contributed by atoms with E-state index < -0.39 is 0 Å². The number of hydrogen-bond acceptors (Lipinski definition) is 2.